The summed E-state index contributed by atoms with van der Waals surface area (Å²) in [6.45, 7) is 0. The average Bonchev–Trinajstić information content (AvgIpc) is 2.60. The summed E-state index contributed by atoms with van der Waals surface area (Å²) in [7, 11) is 1.47. The molecular formula is C18H13NO5. The fourth-order valence-corrected chi connectivity index (χ4v) is 2.37. The number of nitro benzene ring substituents is 1. The minimum Gasteiger partial charge on any atom is -0.496 e. The van der Waals surface area contributed by atoms with E-state index in [0.717, 1.165) is 10.8 Å². The van der Waals surface area contributed by atoms with E-state index in [1.807, 2.05) is 24.3 Å². The Bertz CT molecular complexity index is 936. The Labute approximate surface area is 137 Å². The zero-order valence-electron chi connectivity index (χ0n) is 12.8. The van der Waals surface area contributed by atoms with Gasteiger partial charge in [-0.15, -0.1) is 0 Å². The zero-order valence-corrected chi connectivity index (χ0v) is 12.8. The SMILES string of the molecule is COc1cc2ccccc2cc1C(=O)Oc1cccc([N+](=O)[O-])c1. The van der Waals surface area contributed by atoms with Gasteiger partial charge in [-0.05, 0) is 29.0 Å². The molecule has 3 rings (SSSR count). The second-order valence-electron chi connectivity index (χ2n) is 5.04. The number of esters is 1. The molecule has 6 nitrogen and oxygen atoms in total. The molecule has 6 heteroatoms. The molecule has 0 atom stereocenters. The first-order chi connectivity index (χ1) is 11.6. The standard InChI is InChI=1S/C18H13NO5/c1-23-17-10-13-6-3-2-5-12(13)9-16(17)18(20)24-15-8-4-7-14(11-15)19(21)22/h2-11H,1H3. The van der Waals surface area contributed by atoms with Gasteiger partial charge in [0.2, 0.25) is 0 Å². The normalized spacial score (nSPS) is 10.4. The number of non-ortho nitro benzene ring substituents is 1. The second kappa shape index (κ2) is 6.37. The number of nitrogens with zero attached hydrogens (tertiary/aromatic N) is 1. The first kappa shape index (κ1) is 15.5. The molecule has 0 amide bonds. The lowest BCUT2D eigenvalue weighted by molar-refractivity contribution is -0.384. The van der Waals surface area contributed by atoms with Gasteiger partial charge in [0.25, 0.3) is 5.69 Å². The van der Waals surface area contributed by atoms with Gasteiger partial charge < -0.3 is 9.47 Å². The maximum absolute atomic E-state index is 12.4. The Hall–Kier alpha value is -3.41. The number of methoxy groups -OCH3 is 1. The van der Waals surface area contributed by atoms with Crippen LogP contribution < -0.4 is 9.47 Å². The van der Waals surface area contributed by atoms with Crippen LogP contribution in [0.3, 0.4) is 0 Å². The lowest BCUT2D eigenvalue weighted by Crippen LogP contribution is -2.10. The summed E-state index contributed by atoms with van der Waals surface area (Å²) in [5, 5.41) is 12.6. The van der Waals surface area contributed by atoms with Gasteiger partial charge in [-0.1, -0.05) is 30.3 Å². The number of carbonyl (C=O) groups is 1. The van der Waals surface area contributed by atoms with E-state index in [0.29, 0.717) is 5.75 Å². The number of fused-ring (bicyclic) bond motifs is 1. The van der Waals surface area contributed by atoms with Crippen LogP contribution in [0.4, 0.5) is 5.69 Å². The lowest BCUT2D eigenvalue weighted by atomic mass is 10.1. The number of rotatable bonds is 4. The number of benzene rings is 3. The van der Waals surface area contributed by atoms with Crippen molar-refractivity contribution in [1.82, 2.24) is 0 Å². The molecule has 0 N–H and O–H groups in total. The van der Waals surface area contributed by atoms with Crippen molar-refractivity contribution in [1.29, 1.82) is 0 Å². The summed E-state index contributed by atoms with van der Waals surface area (Å²) in [5.41, 5.74) is 0.105. The van der Waals surface area contributed by atoms with Crippen molar-refractivity contribution < 1.29 is 19.2 Å². The number of carbonyl (C=O) groups excluding carboxylic acids is 1. The summed E-state index contributed by atoms with van der Waals surface area (Å²) in [4.78, 5) is 22.7. The molecule has 0 saturated heterocycles. The van der Waals surface area contributed by atoms with Gasteiger partial charge in [0, 0.05) is 6.07 Å². The van der Waals surface area contributed by atoms with Crippen molar-refractivity contribution in [3.8, 4) is 11.5 Å². The highest BCUT2D eigenvalue weighted by Gasteiger charge is 2.17. The Morgan fingerprint density at radius 3 is 2.38 bits per heavy atom. The number of nitro groups is 1. The van der Waals surface area contributed by atoms with E-state index in [1.165, 1.54) is 31.4 Å². The predicted octanol–water partition coefficient (Wildman–Crippen LogP) is 3.98. The third-order valence-corrected chi connectivity index (χ3v) is 3.53. The molecule has 0 unspecified atom stereocenters. The summed E-state index contributed by atoms with van der Waals surface area (Å²) >= 11 is 0. The minimum atomic E-state index is -0.641. The molecule has 0 bridgehead atoms. The zero-order chi connectivity index (χ0) is 17.1. The van der Waals surface area contributed by atoms with Crippen LogP contribution >= 0.6 is 0 Å². The van der Waals surface area contributed by atoms with Crippen LogP contribution in [-0.2, 0) is 0 Å². The highest BCUT2D eigenvalue weighted by atomic mass is 16.6. The van der Waals surface area contributed by atoms with Crippen LogP contribution in [0.1, 0.15) is 10.4 Å². The van der Waals surface area contributed by atoms with E-state index < -0.39 is 10.9 Å². The fourth-order valence-electron chi connectivity index (χ4n) is 2.37. The van der Waals surface area contributed by atoms with Gasteiger partial charge in [-0.25, -0.2) is 4.79 Å². The van der Waals surface area contributed by atoms with Crippen LogP contribution in [-0.4, -0.2) is 18.0 Å². The van der Waals surface area contributed by atoms with Crippen LogP contribution in [0.25, 0.3) is 10.8 Å². The van der Waals surface area contributed by atoms with Crippen molar-refractivity contribution in [2.45, 2.75) is 0 Å². The van der Waals surface area contributed by atoms with E-state index in [9.17, 15) is 14.9 Å². The maximum atomic E-state index is 12.4. The third-order valence-electron chi connectivity index (χ3n) is 3.53. The molecule has 0 aliphatic rings. The van der Waals surface area contributed by atoms with Gasteiger partial charge in [0.1, 0.15) is 17.1 Å². The van der Waals surface area contributed by atoms with E-state index in [4.69, 9.17) is 9.47 Å². The minimum absolute atomic E-state index is 0.101. The van der Waals surface area contributed by atoms with Crippen molar-refractivity contribution >= 4 is 22.4 Å². The Kier molecular flexibility index (Phi) is 4.11. The largest absolute Gasteiger partial charge is 0.496 e. The molecule has 0 fully saturated rings. The van der Waals surface area contributed by atoms with E-state index in [2.05, 4.69) is 0 Å². The molecule has 0 heterocycles. The Balaban J connectivity index is 1.96. The predicted molar refractivity (Wildman–Crippen MR) is 88.6 cm³/mol. The van der Waals surface area contributed by atoms with E-state index in [-0.39, 0.29) is 17.0 Å². The van der Waals surface area contributed by atoms with Crippen molar-refractivity contribution in [3.63, 3.8) is 0 Å². The van der Waals surface area contributed by atoms with Crippen molar-refractivity contribution in [2.24, 2.45) is 0 Å². The summed E-state index contributed by atoms with van der Waals surface area (Å²) < 4.78 is 10.5. The van der Waals surface area contributed by atoms with Gasteiger partial charge in [0.05, 0.1) is 18.1 Å². The molecular weight excluding hydrogens is 310 g/mol. The molecule has 0 saturated carbocycles. The molecule has 0 radical (unpaired) electrons. The van der Waals surface area contributed by atoms with Gasteiger partial charge >= 0.3 is 5.97 Å². The number of hydrogen-bond acceptors (Lipinski definition) is 5. The summed E-state index contributed by atoms with van der Waals surface area (Å²) in [6.07, 6.45) is 0. The highest BCUT2D eigenvalue weighted by molar-refractivity contribution is 5.99. The lowest BCUT2D eigenvalue weighted by Gasteiger charge is -2.10. The monoisotopic (exact) mass is 323 g/mol. The van der Waals surface area contributed by atoms with Crippen LogP contribution in [0, 0.1) is 10.1 Å². The average molecular weight is 323 g/mol. The van der Waals surface area contributed by atoms with Gasteiger partial charge in [-0.3, -0.25) is 10.1 Å². The topological polar surface area (TPSA) is 78.7 Å². The molecule has 3 aromatic rings. The number of ether oxygens (including phenoxy) is 2. The number of hydrogen-bond donors (Lipinski definition) is 0. The fraction of sp³-hybridized carbons (Fsp3) is 0.0556. The van der Waals surface area contributed by atoms with Crippen molar-refractivity contribution in [2.75, 3.05) is 7.11 Å². The Morgan fingerprint density at radius 1 is 1.00 bits per heavy atom. The quantitative estimate of drug-likeness (QED) is 0.314. The Morgan fingerprint density at radius 2 is 1.71 bits per heavy atom. The molecule has 0 aliphatic carbocycles. The highest BCUT2D eigenvalue weighted by Crippen LogP contribution is 2.28. The molecule has 0 aromatic heterocycles. The van der Waals surface area contributed by atoms with Crippen LogP contribution in [0.15, 0.2) is 60.7 Å². The molecule has 120 valence electrons. The second-order valence-corrected chi connectivity index (χ2v) is 5.04. The summed E-state index contributed by atoms with van der Waals surface area (Å²) in [6, 6.07) is 16.4. The third kappa shape index (κ3) is 3.03. The van der Waals surface area contributed by atoms with E-state index in [1.54, 1.807) is 12.1 Å². The summed E-state index contributed by atoms with van der Waals surface area (Å²) in [5.74, 6) is -0.161. The van der Waals surface area contributed by atoms with Gasteiger partial charge in [-0.2, -0.15) is 0 Å². The molecule has 3 aromatic carbocycles. The smallest absolute Gasteiger partial charge is 0.347 e. The van der Waals surface area contributed by atoms with Crippen LogP contribution in [0.2, 0.25) is 0 Å². The molecule has 24 heavy (non-hydrogen) atoms. The van der Waals surface area contributed by atoms with Crippen LogP contribution in [0.5, 0.6) is 11.5 Å². The van der Waals surface area contributed by atoms with Gasteiger partial charge in [0.15, 0.2) is 0 Å². The maximum Gasteiger partial charge on any atom is 0.347 e. The first-order valence-electron chi connectivity index (χ1n) is 7.12. The van der Waals surface area contributed by atoms with Crippen molar-refractivity contribution in [3.05, 3.63) is 76.3 Å². The molecule has 0 aliphatic heterocycles. The van der Waals surface area contributed by atoms with E-state index >= 15 is 0 Å². The first-order valence-corrected chi connectivity index (χ1v) is 7.12. The molecule has 0 spiro atoms.